The van der Waals surface area contributed by atoms with Gasteiger partial charge < -0.3 is 14.1 Å². The van der Waals surface area contributed by atoms with Gasteiger partial charge in [-0.15, -0.1) is 0 Å². The van der Waals surface area contributed by atoms with E-state index in [1.54, 1.807) is 17.8 Å². The number of nitrogens with zero attached hydrogens (tertiary/aromatic N) is 1. The lowest BCUT2D eigenvalue weighted by Crippen LogP contribution is -2.00. The predicted octanol–water partition coefficient (Wildman–Crippen LogP) is 5.51. The molecule has 0 amide bonds. The average molecular weight is 402 g/mol. The summed E-state index contributed by atoms with van der Waals surface area (Å²) >= 11 is 1.56. The number of aromatic nitrogens is 2. The molecule has 1 N–H and O–H groups in total. The van der Waals surface area contributed by atoms with Crippen LogP contribution in [0, 0.1) is 0 Å². The second-order valence-electron chi connectivity index (χ2n) is 6.69. The molecule has 0 saturated carbocycles. The number of nitrogens with one attached hydrogen (secondary N) is 1. The Balaban J connectivity index is 1.52. The number of ether oxygens (including phenoxy) is 1. The molecule has 0 bridgehead atoms. The van der Waals surface area contributed by atoms with E-state index in [9.17, 15) is 4.79 Å². The normalized spacial score (nSPS) is 11.5. The first-order chi connectivity index (χ1) is 14.2. The maximum atomic E-state index is 12.1. The molecule has 29 heavy (non-hydrogen) atoms. The molecule has 144 valence electrons. The van der Waals surface area contributed by atoms with Crippen LogP contribution in [0.5, 0.6) is 5.75 Å². The molecule has 0 aliphatic heterocycles. The number of fused-ring (bicyclic) bond motifs is 4. The molecule has 0 aliphatic carbocycles. The molecule has 5 aromatic rings. The Morgan fingerprint density at radius 3 is 2.90 bits per heavy atom. The Hall–Kier alpha value is -3.25. The predicted molar refractivity (Wildman–Crippen MR) is 117 cm³/mol. The van der Waals surface area contributed by atoms with E-state index < -0.39 is 0 Å². The molecule has 2 heterocycles. The minimum absolute atomic E-state index is 0.339. The molecule has 0 radical (unpaired) electrons. The van der Waals surface area contributed by atoms with E-state index in [-0.39, 0.29) is 5.63 Å². The lowest BCUT2D eigenvalue weighted by molar-refractivity contribution is 0.340. The van der Waals surface area contributed by atoms with Crippen LogP contribution in [0.25, 0.3) is 32.8 Å². The van der Waals surface area contributed by atoms with Crippen LogP contribution in [0.4, 0.5) is 0 Å². The van der Waals surface area contributed by atoms with Crippen molar-refractivity contribution >= 4 is 44.5 Å². The summed E-state index contributed by atoms with van der Waals surface area (Å²) in [4.78, 5) is 20.1. The van der Waals surface area contributed by atoms with Crippen LogP contribution in [-0.4, -0.2) is 16.6 Å². The number of rotatable bonds is 5. The van der Waals surface area contributed by atoms with Gasteiger partial charge in [-0.2, -0.15) is 0 Å². The SMILES string of the molecule is CCOc1ccc2nc(SCc3cc(=O)oc4ccc5ccccc5c34)[nH]c2c1. The fraction of sp³-hybridized carbons (Fsp3) is 0.130. The van der Waals surface area contributed by atoms with Gasteiger partial charge in [0.1, 0.15) is 11.3 Å². The zero-order valence-electron chi connectivity index (χ0n) is 15.8. The molecule has 0 atom stereocenters. The third-order valence-electron chi connectivity index (χ3n) is 4.82. The highest BCUT2D eigenvalue weighted by Gasteiger charge is 2.12. The van der Waals surface area contributed by atoms with Gasteiger partial charge in [0, 0.05) is 23.3 Å². The summed E-state index contributed by atoms with van der Waals surface area (Å²) in [6.45, 7) is 2.59. The molecule has 3 aromatic carbocycles. The number of thioether (sulfide) groups is 1. The number of benzene rings is 3. The van der Waals surface area contributed by atoms with E-state index in [0.717, 1.165) is 43.7 Å². The van der Waals surface area contributed by atoms with E-state index in [2.05, 4.69) is 22.1 Å². The highest BCUT2D eigenvalue weighted by atomic mass is 32.2. The number of hydrogen-bond donors (Lipinski definition) is 1. The summed E-state index contributed by atoms with van der Waals surface area (Å²) in [6.07, 6.45) is 0. The number of H-pyrrole nitrogens is 1. The van der Waals surface area contributed by atoms with E-state index in [1.807, 2.05) is 49.4 Å². The summed E-state index contributed by atoms with van der Waals surface area (Å²) in [6, 6.07) is 19.4. The minimum atomic E-state index is -0.339. The first-order valence-corrected chi connectivity index (χ1v) is 10.4. The Kier molecular flexibility index (Phi) is 4.48. The van der Waals surface area contributed by atoms with Gasteiger partial charge in [0.05, 0.1) is 17.6 Å². The number of hydrogen-bond acceptors (Lipinski definition) is 5. The van der Waals surface area contributed by atoms with Gasteiger partial charge in [-0.05, 0) is 41.5 Å². The monoisotopic (exact) mass is 402 g/mol. The maximum absolute atomic E-state index is 12.1. The average Bonchev–Trinajstić information content (AvgIpc) is 3.14. The molecule has 0 aliphatic rings. The molecular formula is C23H18N2O3S. The standard InChI is InChI=1S/C23H18N2O3S/c1-2-27-16-8-9-18-19(12-16)25-23(24-18)29-13-15-11-21(26)28-20-10-7-14-5-3-4-6-17(14)22(15)20/h3-12H,2,13H2,1H3,(H,24,25). The summed E-state index contributed by atoms with van der Waals surface area (Å²) < 4.78 is 11.0. The van der Waals surface area contributed by atoms with Crippen molar-refractivity contribution in [1.82, 2.24) is 9.97 Å². The molecular weight excluding hydrogens is 384 g/mol. The Bertz CT molecular complexity index is 1400. The van der Waals surface area contributed by atoms with Crippen molar-refractivity contribution in [1.29, 1.82) is 0 Å². The van der Waals surface area contributed by atoms with Gasteiger partial charge in [-0.1, -0.05) is 42.1 Å². The summed E-state index contributed by atoms with van der Waals surface area (Å²) in [5.74, 6) is 1.42. The molecule has 2 aromatic heterocycles. The van der Waals surface area contributed by atoms with E-state index in [4.69, 9.17) is 9.15 Å². The van der Waals surface area contributed by atoms with Gasteiger partial charge in [-0.25, -0.2) is 9.78 Å². The molecule has 6 heteroatoms. The van der Waals surface area contributed by atoms with Crippen LogP contribution in [0.1, 0.15) is 12.5 Å². The highest BCUT2D eigenvalue weighted by molar-refractivity contribution is 7.98. The van der Waals surface area contributed by atoms with Crippen molar-refractivity contribution in [3.8, 4) is 5.75 Å². The molecule has 5 nitrogen and oxygen atoms in total. The van der Waals surface area contributed by atoms with Crippen molar-refractivity contribution in [2.45, 2.75) is 17.8 Å². The van der Waals surface area contributed by atoms with Gasteiger partial charge >= 0.3 is 5.63 Å². The van der Waals surface area contributed by atoms with Crippen molar-refractivity contribution in [3.63, 3.8) is 0 Å². The lowest BCUT2D eigenvalue weighted by Gasteiger charge is -2.08. The molecule has 0 saturated heterocycles. The van der Waals surface area contributed by atoms with Crippen LogP contribution in [0.2, 0.25) is 0 Å². The second-order valence-corrected chi connectivity index (χ2v) is 7.66. The van der Waals surface area contributed by atoms with E-state index in [1.165, 1.54) is 0 Å². The highest BCUT2D eigenvalue weighted by Crippen LogP contribution is 2.31. The largest absolute Gasteiger partial charge is 0.494 e. The quantitative estimate of drug-likeness (QED) is 0.238. The minimum Gasteiger partial charge on any atom is -0.494 e. The van der Waals surface area contributed by atoms with Gasteiger partial charge in [-0.3, -0.25) is 0 Å². The van der Waals surface area contributed by atoms with E-state index >= 15 is 0 Å². The zero-order chi connectivity index (χ0) is 19.8. The molecule has 5 rings (SSSR count). The van der Waals surface area contributed by atoms with Crippen molar-refractivity contribution in [2.75, 3.05) is 6.61 Å². The summed E-state index contributed by atoms with van der Waals surface area (Å²) in [5, 5.41) is 3.97. The van der Waals surface area contributed by atoms with Gasteiger partial charge in [0.2, 0.25) is 0 Å². The van der Waals surface area contributed by atoms with Gasteiger partial charge in [0.25, 0.3) is 0 Å². The lowest BCUT2D eigenvalue weighted by atomic mass is 10.0. The van der Waals surface area contributed by atoms with Gasteiger partial charge in [0.15, 0.2) is 5.16 Å². The summed E-state index contributed by atoms with van der Waals surface area (Å²) in [5.41, 5.74) is 3.03. The van der Waals surface area contributed by atoms with Crippen LogP contribution in [0.3, 0.4) is 0 Å². The Morgan fingerprint density at radius 2 is 2.00 bits per heavy atom. The zero-order valence-corrected chi connectivity index (χ0v) is 16.6. The van der Waals surface area contributed by atoms with Crippen LogP contribution in [-0.2, 0) is 5.75 Å². The number of aromatic amines is 1. The Labute approximate surface area is 170 Å². The third-order valence-corrected chi connectivity index (χ3v) is 5.74. The molecule has 0 spiro atoms. The first-order valence-electron chi connectivity index (χ1n) is 9.41. The Morgan fingerprint density at radius 1 is 1.10 bits per heavy atom. The van der Waals surface area contributed by atoms with Crippen LogP contribution in [0.15, 0.2) is 75.0 Å². The maximum Gasteiger partial charge on any atom is 0.336 e. The fourth-order valence-corrected chi connectivity index (χ4v) is 4.44. The van der Waals surface area contributed by atoms with Crippen LogP contribution < -0.4 is 10.4 Å². The molecule has 0 fully saturated rings. The topological polar surface area (TPSA) is 68.1 Å². The summed E-state index contributed by atoms with van der Waals surface area (Å²) in [7, 11) is 0. The van der Waals surface area contributed by atoms with Crippen molar-refractivity contribution in [2.24, 2.45) is 0 Å². The van der Waals surface area contributed by atoms with Crippen molar-refractivity contribution in [3.05, 3.63) is 76.6 Å². The van der Waals surface area contributed by atoms with Crippen molar-refractivity contribution < 1.29 is 9.15 Å². The number of imidazole rings is 1. The van der Waals surface area contributed by atoms with E-state index in [0.29, 0.717) is 17.9 Å². The van der Waals surface area contributed by atoms with Crippen LogP contribution >= 0.6 is 11.8 Å². The third kappa shape index (κ3) is 3.36. The first kappa shape index (κ1) is 17.8. The smallest absolute Gasteiger partial charge is 0.336 e. The fourth-order valence-electron chi connectivity index (χ4n) is 3.57. The second kappa shape index (κ2) is 7.29. The molecule has 0 unspecified atom stereocenters.